The summed E-state index contributed by atoms with van der Waals surface area (Å²) in [4.78, 5) is 26.9. The summed E-state index contributed by atoms with van der Waals surface area (Å²) >= 11 is 0. The molecule has 11 nitrogen and oxygen atoms in total. The Morgan fingerprint density at radius 1 is 1.03 bits per heavy atom. The molecule has 4 N–H and O–H groups in total. The Hall–Kier alpha value is -2.12. The molecule has 186 valence electrons. The number of rotatable bonds is 7. The highest BCUT2D eigenvalue weighted by molar-refractivity contribution is 5.78. The van der Waals surface area contributed by atoms with Gasteiger partial charge in [-0.2, -0.15) is 0 Å². The lowest BCUT2D eigenvalue weighted by molar-refractivity contribution is -0.294. The number of hydrogen-bond acceptors (Lipinski definition) is 10. The molecule has 0 spiro atoms. The van der Waals surface area contributed by atoms with Crippen LogP contribution >= 0.6 is 0 Å². The van der Waals surface area contributed by atoms with Gasteiger partial charge in [0.15, 0.2) is 12.4 Å². The molecule has 11 atom stereocenters. The van der Waals surface area contributed by atoms with Gasteiger partial charge in [-0.25, -0.2) is 4.79 Å². The van der Waals surface area contributed by atoms with E-state index in [4.69, 9.17) is 18.9 Å². The number of aliphatic carboxylic acids is 1. The van der Waals surface area contributed by atoms with E-state index in [-0.39, 0.29) is 37.0 Å². The Balaban J connectivity index is 1.26. The zero-order chi connectivity index (χ0) is 24.1. The van der Waals surface area contributed by atoms with E-state index in [1.807, 2.05) is 0 Å². The molecule has 4 aliphatic heterocycles. The molecular formula is C23H29NO10. The summed E-state index contributed by atoms with van der Waals surface area (Å²) in [5, 5.41) is 39.3. The van der Waals surface area contributed by atoms with E-state index in [2.05, 4.69) is 11.9 Å². The largest absolute Gasteiger partial charge is 0.479 e. The Morgan fingerprint density at radius 2 is 1.68 bits per heavy atom. The third kappa shape index (κ3) is 4.22. The quantitative estimate of drug-likeness (QED) is 0.276. The van der Waals surface area contributed by atoms with Gasteiger partial charge in [0.25, 0.3) is 0 Å². The van der Waals surface area contributed by atoms with Gasteiger partial charge >= 0.3 is 11.9 Å². The third-order valence-electron chi connectivity index (χ3n) is 7.38. The van der Waals surface area contributed by atoms with Crippen LogP contribution in [-0.4, -0.2) is 112 Å². The Kier molecular flexibility index (Phi) is 6.36. The first-order chi connectivity index (χ1) is 16.3. The smallest absolute Gasteiger partial charge is 0.335 e. The van der Waals surface area contributed by atoms with Gasteiger partial charge in [0.05, 0.1) is 6.61 Å². The number of piperidine rings is 1. The van der Waals surface area contributed by atoms with Crippen molar-refractivity contribution in [3.8, 4) is 0 Å². The van der Waals surface area contributed by atoms with Crippen LogP contribution in [0.25, 0.3) is 0 Å². The molecule has 0 radical (unpaired) electrons. The number of benzene rings is 1. The molecule has 1 aromatic rings. The molecule has 11 heteroatoms. The molecule has 1 unspecified atom stereocenters. The second-order valence-electron chi connectivity index (χ2n) is 9.43. The van der Waals surface area contributed by atoms with Gasteiger partial charge in [0, 0.05) is 24.9 Å². The first-order valence-corrected chi connectivity index (χ1v) is 11.4. The number of hydrogen-bond donors (Lipinski definition) is 4. The van der Waals surface area contributed by atoms with E-state index in [1.54, 1.807) is 30.3 Å². The lowest BCUT2D eigenvalue weighted by Crippen LogP contribution is -2.60. The number of carboxylic acids is 1. The van der Waals surface area contributed by atoms with Crippen LogP contribution in [0.2, 0.25) is 0 Å². The molecule has 0 aromatic heterocycles. The van der Waals surface area contributed by atoms with Crippen molar-refractivity contribution in [2.24, 2.45) is 0 Å². The van der Waals surface area contributed by atoms with E-state index in [0.717, 1.165) is 0 Å². The number of carbonyl (C=O) groups excluding carboxylic acids is 1. The van der Waals surface area contributed by atoms with Gasteiger partial charge in [-0.05, 0) is 12.6 Å². The molecule has 4 aliphatic rings. The summed E-state index contributed by atoms with van der Waals surface area (Å²) in [6, 6.07) is 9.27. The van der Waals surface area contributed by atoms with Crippen molar-refractivity contribution in [3.63, 3.8) is 0 Å². The first kappa shape index (κ1) is 23.6. The standard InChI is InChI=1S/C23H29NO10/c1-24-13-7-11(8-14(24)19-18(13)33-19)32-22(30)12(10-5-3-2-4-6-10)9-31-23-17(27)15(25)16(26)20(34-23)21(28)29/h2-6,11-20,23,25-27H,7-9H2,1H3,(H,28,29)/t11?,12-,13-,14+,15+,16+,17-,18-,19+,20+,23-/m1/s1. The van der Waals surface area contributed by atoms with E-state index >= 15 is 0 Å². The Bertz CT molecular complexity index is 896. The van der Waals surface area contributed by atoms with Gasteiger partial charge in [-0.1, -0.05) is 30.3 Å². The SMILES string of the molecule is CN1[C@@H]2CC(OC(=O)[C@H](CO[C@@H]3O[C@H](C(=O)O)[C@@H](O)[C@H](O)[C@H]3O)c3ccccc3)C[C@H]1[C@@H]1O[C@@H]12. The molecule has 4 heterocycles. The van der Waals surface area contributed by atoms with Crippen LogP contribution in [0.3, 0.4) is 0 Å². The number of aliphatic hydroxyl groups is 3. The number of esters is 1. The van der Waals surface area contributed by atoms with Crippen LogP contribution in [0.5, 0.6) is 0 Å². The summed E-state index contributed by atoms with van der Waals surface area (Å²) in [5.74, 6) is -2.88. The summed E-state index contributed by atoms with van der Waals surface area (Å²) in [6.45, 7) is -0.284. The predicted molar refractivity (Wildman–Crippen MR) is 113 cm³/mol. The van der Waals surface area contributed by atoms with Gasteiger partial charge in [0.1, 0.15) is 42.5 Å². The molecule has 0 aliphatic carbocycles. The highest BCUT2D eigenvalue weighted by Crippen LogP contribution is 2.48. The van der Waals surface area contributed by atoms with Crippen LogP contribution in [0.15, 0.2) is 30.3 Å². The van der Waals surface area contributed by atoms with Crippen LogP contribution in [-0.2, 0) is 28.5 Å². The number of aliphatic hydroxyl groups excluding tert-OH is 3. The fourth-order valence-electron chi connectivity index (χ4n) is 5.41. The van der Waals surface area contributed by atoms with Crippen LogP contribution in [0, 0.1) is 0 Å². The van der Waals surface area contributed by atoms with Crippen molar-refractivity contribution < 1.29 is 49.0 Å². The molecular weight excluding hydrogens is 450 g/mol. The Morgan fingerprint density at radius 3 is 2.29 bits per heavy atom. The molecule has 0 amide bonds. The summed E-state index contributed by atoms with van der Waals surface area (Å²) in [5.41, 5.74) is 0.621. The van der Waals surface area contributed by atoms with Crippen LogP contribution in [0.4, 0.5) is 0 Å². The Labute approximate surface area is 195 Å². The van der Waals surface area contributed by atoms with E-state index in [1.165, 1.54) is 0 Å². The second-order valence-corrected chi connectivity index (χ2v) is 9.43. The van der Waals surface area contributed by atoms with Crippen LogP contribution < -0.4 is 0 Å². The maximum Gasteiger partial charge on any atom is 0.335 e. The molecule has 4 fully saturated rings. The van der Waals surface area contributed by atoms with Crippen molar-refractivity contribution in [2.75, 3.05) is 13.7 Å². The first-order valence-electron chi connectivity index (χ1n) is 11.4. The average Bonchev–Trinajstić information content (AvgIpc) is 3.58. The number of carbonyl (C=O) groups is 2. The normalized spacial score (nSPS) is 42.0. The van der Waals surface area contributed by atoms with Crippen molar-refractivity contribution >= 4 is 11.9 Å². The lowest BCUT2D eigenvalue weighted by atomic mass is 9.97. The van der Waals surface area contributed by atoms with E-state index < -0.39 is 48.6 Å². The average molecular weight is 479 g/mol. The van der Waals surface area contributed by atoms with Gasteiger partial charge in [-0.15, -0.1) is 0 Å². The lowest BCUT2D eigenvalue weighted by Gasteiger charge is -2.39. The number of ether oxygens (including phenoxy) is 4. The van der Waals surface area contributed by atoms with Crippen molar-refractivity contribution in [1.82, 2.24) is 4.90 Å². The molecule has 1 aromatic carbocycles. The number of epoxide rings is 1. The minimum absolute atomic E-state index is 0.209. The fourth-order valence-corrected chi connectivity index (χ4v) is 5.41. The summed E-state index contributed by atoms with van der Waals surface area (Å²) in [6.07, 6.45) is -7.13. The topological polar surface area (TPSA) is 159 Å². The third-order valence-corrected chi connectivity index (χ3v) is 7.38. The van der Waals surface area contributed by atoms with E-state index in [0.29, 0.717) is 18.4 Å². The highest BCUT2D eigenvalue weighted by Gasteiger charge is 2.63. The minimum Gasteiger partial charge on any atom is -0.479 e. The van der Waals surface area contributed by atoms with Crippen LogP contribution in [0.1, 0.15) is 24.3 Å². The number of likely N-dealkylation sites (N-methyl/N-ethyl adjacent to an activating group) is 1. The molecule has 0 saturated carbocycles. The summed E-state index contributed by atoms with van der Waals surface area (Å²) < 4.78 is 22.3. The van der Waals surface area contributed by atoms with Crippen molar-refractivity contribution in [1.29, 1.82) is 0 Å². The monoisotopic (exact) mass is 479 g/mol. The number of nitrogens with zero attached hydrogens (tertiary/aromatic N) is 1. The number of carboxylic acid groups (broad SMARTS) is 1. The molecule has 34 heavy (non-hydrogen) atoms. The minimum atomic E-state index is -1.82. The second kappa shape index (κ2) is 9.15. The van der Waals surface area contributed by atoms with Crippen molar-refractivity contribution in [3.05, 3.63) is 35.9 Å². The maximum atomic E-state index is 13.2. The van der Waals surface area contributed by atoms with Gasteiger partial charge in [-0.3, -0.25) is 9.69 Å². The number of fused-ring (bicyclic) bond motifs is 5. The van der Waals surface area contributed by atoms with Gasteiger partial charge < -0.3 is 39.4 Å². The molecule has 4 saturated heterocycles. The zero-order valence-electron chi connectivity index (χ0n) is 18.5. The molecule has 2 bridgehead atoms. The van der Waals surface area contributed by atoms with Crippen molar-refractivity contribution in [2.45, 2.75) is 79.9 Å². The van der Waals surface area contributed by atoms with E-state index in [9.17, 15) is 30.0 Å². The highest BCUT2D eigenvalue weighted by atomic mass is 16.7. The zero-order valence-corrected chi connectivity index (χ0v) is 18.5. The van der Waals surface area contributed by atoms with Gasteiger partial charge in [0.2, 0.25) is 0 Å². The fraction of sp³-hybridized carbons (Fsp3) is 0.652. The summed E-state index contributed by atoms with van der Waals surface area (Å²) in [7, 11) is 2.06. The molecule has 5 rings (SSSR count). The maximum absolute atomic E-state index is 13.2. The number of morpholine rings is 1. The predicted octanol–water partition coefficient (Wildman–Crippen LogP) is -1.17.